The summed E-state index contributed by atoms with van der Waals surface area (Å²) < 4.78 is 18.7. The fourth-order valence-electron chi connectivity index (χ4n) is 2.88. The van der Waals surface area contributed by atoms with Crippen molar-refractivity contribution in [2.75, 3.05) is 11.9 Å². The van der Waals surface area contributed by atoms with Crippen molar-refractivity contribution in [3.05, 3.63) is 72.2 Å². The van der Waals surface area contributed by atoms with Crippen LogP contribution >= 0.6 is 0 Å². The highest BCUT2D eigenvalue weighted by Gasteiger charge is 2.17. The molecule has 0 unspecified atom stereocenters. The predicted octanol–water partition coefficient (Wildman–Crippen LogP) is 4.42. The number of hydrogen-bond donors (Lipinski definition) is 2. The van der Waals surface area contributed by atoms with Crippen molar-refractivity contribution in [2.24, 2.45) is 0 Å². The van der Waals surface area contributed by atoms with Gasteiger partial charge in [0.25, 0.3) is 5.91 Å². The molecule has 0 radical (unpaired) electrons. The van der Waals surface area contributed by atoms with Gasteiger partial charge >= 0.3 is 0 Å². The molecule has 140 valence electrons. The normalized spacial score (nSPS) is 10.8. The first kappa shape index (κ1) is 17.7. The molecule has 28 heavy (non-hydrogen) atoms. The van der Waals surface area contributed by atoms with Crippen LogP contribution in [0.3, 0.4) is 0 Å². The van der Waals surface area contributed by atoms with Gasteiger partial charge in [0.05, 0.1) is 17.9 Å². The molecule has 2 aromatic heterocycles. The molecule has 0 spiro atoms. The fraction of sp³-hybridized carbons (Fsp3) is 0.0952. The Morgan fingerprint density at radius 3 is 2.71 bits per heavy atom. The van der Waals surface area contributed by atoms with Gasteiger partial charge in [0.15, 0.2) is 5.65 Å². The average molecular weight is 376 g/mol. The maximum Gasteiger partial charge on any atom is 0.258 e. The summed E-state index contributed by atoms with van der Waals surface area (Å²) in [5, 5.41) is 2.87. The highest BCUT2D eigenvalue weighted by atomic mass is 19.1. The Morgan fingerprint density at radius 2 is 1.93 bits per heavy atom. The Labute approximate surface area is 160 Å². The first-order valence-corrected chi connectivity index (χ1v) is 8.79. The smallest absolute Gasteiger partial charge is 0.258 e. The lowest BCUT2D eigenvalue weighted by molar-refractivity contribution is 0.102. The van der Waals surface area contributed by atoms with Crippen LogP contribution in [0.2, 0.25) is 0 Å². The minimum atomic E-state index is -0.328. The number of aromatic amines is 1. The molecule has 0 saturated carbocycles. The van der Waals surface area contributed by atoms with E-state index in [9.17, 15) is 9.18 Å². The number of benzene rings is 2. The van der Waals surface area contributed by atoms with Crippen LogP contribution in [0.25, 0.3) is 22.6 Å². The summed E-state index contributed by atoms with van der Waals surface area (Å²) in [5.41, 5.74) is 2.57. The summed E-state index contributed by atoms with van der Waals surface area (Å²) in [5.74, 6) is 0.456. The summed E-state index contributed by atoms with van der Waals surface area (Å²) in [4.78, 5) is 24.7. The number of nitrogens with zero attached hydrogens (tertiary/aromatic N) is 2. The number of carbonyl (C=O) groups is 1. The van der Waals surface area contributed by atoms with Crippen molar-refractivity contribution in [3.8, 4) is 17.1 Å². The predicted molar refractivity (Wildman–Crippen MR) is 105 cm³/mol. The molecular weight excluding hydrogens is 359 g/mol. The number of hydrogen-bond acceptors (Lipinski definition) is 4. The summed E-state index contributed by atoms with van der Waals surface area (Å²) in [6, 6.07) is 14.8. The maximum absolute atomic E-state index is 13.2. The number of fused-ring (bicyclic) bond motifs is 1. The van der Waals surface area contributed by atoms with E-state index in [0.717, 1.165) is 0 Å². The number of H-pyrrole nitrogens is 1. The number of carbonyl (C=O) groups excluding carboxylic acids is 1. The van der Waals surface area contributed by atoms with Gasteiger partial charge in [-0.1, -0.05) is 12.1 Å². The minimum Gasteiger partial charge on any atom is -0.492 e. The van der Waals surface area contributed by atoms with E-state index < -0.39 is 0 Å². The largest absolute Gasteiger partial charge is 0.492 e. The molecule has 7 heteroatoms. The zero-order chi connectivity index (χ0) is 19.5. The van der Waals surface area contributed by atoms with E-state index in [1.54, 1.807) is 30.3 Å². The van der Waals surface area contributed by atoms with Gasteiger partial charge in [0, 0.05) is 11.8 Å². The molecule has 2 N–H and O–H groups in total. The third-order valence-corrected chi connectivity index (χ3v) is 4.18. The first-order valence-electron chi connectivity index (χ1n) is 8.79. The van der Waals surface area contributed by atoms with Crippen molar-refractivity contribution in [3.63, 3.8) is 0 Å². The number of aromatic nitrogens is 3. The molecule has 6 nitrogen and oxygen atoms in total. The second-order valence-corrected chi connectivity index (χ2v) is 6.03. The number of amides is 1. The number of anilines is 1. The van der Waals surface area contributed by atoms with Crippen LogP contribution in [-0.2, 0) is 0 Å². The molecule has 4 aromatic rings. The lowest BCUT2D eigenvalue weighted by Gasteiger charge is -2.11. The number of imidazole rings is 1. The molecule has 0 saturated heterocycles. The molecule has 0 bridgehead atoms. The van der Waals surface area contributed by atoms with Gasteiger partial charge in [0.2, 0.25) is 0 Å². The number of nitrogens with one attached hydrogen (secondary N) is 2. The van der Waals surface area contributed by atoms with Crippen LogP contribution in [0.5, 0.6) is 5.75 Å². The van der Waals surface area contributed by atoms with Crippen molar-refractivity contribution in [1.29, 1.82) is 0 Å². The lowest BCUT2D eigenvalue weighted by Crippen LogP contribution is -2.13. The van der Waals surface area contributed by atoms with Gasteiger partial charge in [-0.05, 0) is 49.4 Å². The SMILES string of the molecule is CCOc1ccccc1NC(=O)c1ccnc2[nH]c(-c3ccc(F)cc3)nc12. The average Bonchev–Trinajstić information content (AvgIpc) is 3.14. The van der Waals surface area contributed by atoms with E-state index in [2.05, 4.69) is 20.3 Å². The Morgan fingerprint density at radius 1 is 1.14 bits per heavy atom. The van der Waals surface area contributed by atoms with Gasteiger partial charge < -0.3 is 15.0 Å². The molecule has 2 heterocycles. The van der Waals surface area contributed by atoms with Gasteiger partial charge in [-0.25, -0.2) is 14.4 Å². The maximum atomic E-state index is 13.2. The zero-order valence-corrected chi connectivity index (χ0v) is 15.1. The Bertz CT molecular complexity index is 1140. The van der Waals surface area contributed by atoms with Gasteiger partial charge in [-0.15, -0.1) is 0 Å². The van der Waals surface area contributed by atoms with Crippen molar-refractivity contribution in [1.82, 2.24) is 15.0 Å². The van der Waals surface area contributed by atoms with Crippen LogP contribution in [0.4, 0.5) is 10.1 Å². The molecule has 2 aromatic carbocycles. The molecule has 0 atom stereocenters. The van der Waals surface area contributed by atoms with Crippen molar-refractivity contribution < 1.29 is 13.9 Å². The third kappa shape index (κ3) is 3.42. The van der Waals surface area contributed by atoms with E-state index in [1.165, 1.54) is 18.3 Å². The monoisotopic (exact) mass is 376 g/mol. The highest BCUT2D eigenvalue weighted by molar-refractivity contribution is 6.11. The molecule has 0 aliphatic heterocycles. The summed E-state index contributed by atoms with van der Waals surface area (Å²) in [7, 11) is 0. The summed E-state index contributed by atoms with van der Waals surface area (Å²) in [6.07, 6.45) is 1.54. The second-order valence-electron chi connectivity index (χ2n) is 6.03. The van der Waals surface area contributed by atoms with Gasteiger partial charge in [0.1, 0.15) is 22.9 Å². The third-order valence-electron chi connectivity index (χ3n) is 4.18. The standard InChI is InChI=1S/C21H17FN4O2/c1-2-28-17-6-4-3-5-16(17)24-21(27)15-11-12-23-20-18(15)25-19(26-20)13-7-9-14(22)10-8-13/h3-12H,2H2,1H3,(H,24,27)(H,23,25,26). The van der Waals surface area contributed by atoms with Crippen LogP contribution in [0.1, 0.15) is 17.3 Å². The molecule has 0 fully saturated rings. The summed E-state index contributed by atoms with van der Waals surface area (Å²) in [6.45, 7) is 2.37. The van der Waals surface area contributed by atoms with E-state index in [0.29, 0.717) is 46.2 Å². The van der Waals surface area contributed by atoms with E-state index in [1.807, 2.05) is 19.1 Å². The van der Waals surface area contributed by atoms with Gasteiger partial charge in [-0.3, -0.25) is 4.79 Å². The van der Waals surface area contributed by atoms with Crippen LogP contribution in [0.15, 0.2) is 60.8 Å². The Kier molecular flexibility index (Phi) is 4.72. The topological polar surface area (TPSA) is 79.9 Å². The fourth-order valence-corrected chi connectivity index (χ4v) is 2.88. The molecule has 1 amide bonds. The minimum absolute atomic E-state index is 0.322. The van der Waals surface area contributed by atoms with Gasteiger partial charge in [-0.2, -0.15) is 0 Å². The highest BCUT2D eigenvalue weighted by Crippen LogP contribution is 2.26. The van der Waals surface area contributed by atoms with Crippen molar-refractivity contribution >= 4 is 22.8 Å². The zero-order valence-electron chi connectivity index (χ0n) is 15.1. The van der Waals surface area contributed by atoms with Crippen LogP contribution < -0.4 is 10.1 Å². The molecular formula is C21H17FN4O2. The number of rotatable bonds is 5. The van der Waals surface area contributed by atoms with E-state index >= 15 is 0 Å². The molecule has 0 aliphatic rings. The number of ether oxygens (including phenoxy) is 1. The number of para-hydroxylation sites is 2. The first-order chi connectivity index (χ1) is 13.7. The summed E-state index contributed by atoms with van der Waals surface area (Å²) >= 11 is 0. The van der Waals surface area contributed by atoms with Crippen LogP contribution in [-0.4, -0.2) is 27.5 Å². The Balaban J connectivity index is 1.69. The van der Waals surface area contributed by atoms with E-state index in [4.69, 9.17) is 4.74 Å². The molecule has 0 aliphatic carbocycles. The van der Waals surface area contributed by atoms with Crippen LogP contribution in [0, 0.1) is 5.82 Å². The lowest BCUT2D eigenvalue weighted by atomic mass is 10.2. The quantitative estimate of drug-likeness (QED) is 0.540. The number of halogens is 1. The van der Waals surface area contributed by atoms with E-state index in [-0.39, 0.29) is 11.7 Å². The molecule has 4 rings (SSSR count). The Hall–Kier alpha value is -3.74. The van der Waals surface area contributed by atoms with Crippen molar-refractivity contribution in [2.45, 2.75) is 6.92 Å². The number of pyridine rings is 1. The second kappa shape index (κ2) is 7.48.